The number of ether oxygens (including phenoxy) is 2. The van der Waals surface area contributed by atoms with Crippen molar-refractivity contribution in [1.82, 2.24) is 40.4 Å². The minimum absolute atomic E-state index is 0. The van der Waals surface area contributed by atoms with E-state index >= 15 is 0 Å². The van der Waals surface area contributed by atoms with Gasteiger partial charge in [-0.2, -0.15) is 0 Å². The summed E-state index contributed by atoms with van der Waals surface area (Å²) in [7, 11) is -9.43. The molecule has 4 aromatic heterocycles. The predicted molar refractivity (Wildman–Crippen MR) is 457 cm³/mol. The Hall–Kier alpha value is -11.3. The van der Waals surface area contributed by atoms with Gasteiger partial charge in [0.15, 0.2) is 20.1 Å². The molecule has 0 unspecified atom stereocenters. The number of benzene rings is 8. The fourth-order valence-electron chi connectivity index (χ4n) is 10.6. The first kappa shape index (κ1) is 93.2. The van der Waals surface area contributed by atoms with Crippen molar-refractivity contribution in [2.24, 2.45) is 11.5 Å². The first-order valence-electron chi connectivity index (χ1n) is 35.4. The van der Waals surface area contributed by atoms with Crippen LogP contribution in [-0.4, -0.2) is 149 Å². The number of nitrogens with zero attached hydrogens (tertiary/aromatic N) is 6. The van der Waals surface area contributed by atoms with Crippen LogP contribution in [-0.2, 0) is 75.0 Å². The first-order valence-corrected chi connectivity index (χ1v) is 44.9. The van der Waals surface area contributed by atoms with Crippen LogP contribution in [0.3, 0.4) is 0 Å². The predicted octanol–water partition coefficient (Wildman–Crippen LogP) is 14.8. The standard InChI is InChI=1S/C24H27N3O5S2.C22H22N2O6S2.C19H19N3O3S2.C17H14N2O4S2.ClH/c1-24(2,3)32-23(29)25-14-20-26-21(15-33-20)34(30,31)19-12-17(16-9-7-6-8-10-16)11-18(13-19)22(28)27(4)5;1-22(2,3)30-21(27)23-12-18-24-19(13-31-18)32(28,29)17-10-15(9-16(11-17)20(25)26)14-7-5-4-6-8-14;1-22(2)19(23)15-8-14(13-6-4-3-5-7-13)9-16(10-15)27(24,25)18-12-26-17(11-20)21-18;18-9-15-19-16(10-24-15)25(22,23)14-7-12(6-13(8-14)17(20)21)11-4-2-1-3-5-11;/h6-13,15H,14H2,1-5H3,(H,25,29);4-11,13H,12H2,1-3H3,(H,23,27)(H,25,26);3-10,12H,11,20H2,1-2H3;1-8,10H,9,18H2,(H,20,21);1H. The number of rotatable bonds is 22. The summed E-state index contributed by atoms with van der Waals surface area (Å²) in [6.07, 6.45) is -1.26. The molecule has 8 aromatic carbocycles. The topological polar surface area (TPSA) is 432 Å². The van der Waals surface area contributed by atoms with Crippen molar-refractivity contribution in [3.63, 3.8) is 0 Å². The van der Waals surface area contributed by atoms with E-state index < -0.39 is 74.7 Å². The van der Waals surface area contributed by atoms with Crippen LogP contribution < -0.4 is 22.1 Å². The van der Waals surface area contributed by atoms with Crippen LogP contribution in [0.4, 0.5) is 9.59 Å². The van der Waals surface area contributed by atoms with Crippen molar-refractivity contribution in [3.05, 3.63) is 258 Å². The van der Waals surface area contributed by atoms with Gasteiger partial charge in [0, 0.05) is 73.9 Å². The van der Waals surface area contributed by atoms with Gasteiger partial charge in [-0.15, -0.1) is 57.8 Å². The molecular formula is C82H83ClN10O18S8. The molecule has 0 radical (unpaired) electrons. The maximum atomic E-state index is 13.4. The average molecular weight is 1790 g/mol. The lowest BCUT2D eigenvalue weighted by Crippen LogP contribution is -2.32. The van der Waals surface area contributed by atoms with Crippen LogP contribution in [0.1, 0.15) is 103 Å². The van der Waals surface area contributed by atoms with E-state index in [4.69, 9.17) is 20.9 Å². The van der Waals surface area contributed by atoms with Gasteiger partial charge in [0.2, 0.25) is 39.3 Å². The molecular weight excluding hydrogens is 1700 g/mol. The van der Waals surface area contributed by atoms with Crippen molar-refractivity contribution in [2.75, 3.05) is 28.2 Å². The summed E-state index contributed by atoms with van der Waals surface area (Å²) in [4.78, 5) is 90.8. The molecule has 37 heteroatoms. The van der Waals surface area contributed by atoms with Gasteiger partial charge < -0.3 is 51.6 Å². The van der Waals surface area contributed by atoms with Gasteiger partial charge in [0.05, 0.1) is 43.8 Å². The van der Waals surface area contributed by atoms with Gasteiger partial charge in [-0.05, 0) is 159 Å². The Morgan fingerprint density at radius 3 is 0.807 bits per heavy atom. The van der Waals surface area contributed by atoms with Crippen molar-refractivity contribution in [3.8, 4) is 44.5 Å². The van der Waals surface area contributed by atoms with Gasteiger partial charge in [-0.25, -0.2) is 72.8 Å². The van der Waals surface area contributed by atoms with E-state index in [1.807, 2.05) is 72.8 Å². The molecule has 0 atom stereocenters. The largest absolute Gasteiger partial charge is 0.478 e. The molecule has 28 nitrogen and oxygen atoms in total. The number of amides is 4. The zero-order valence-electron chi connectivity index (χ0n) is 65.6. The number of hydrogen-bond acceptors (Lipinski definition) is 26. The number of carboxylic acids is 2. The Kier molecular flexibility index (Phi) is 31.3. The third kappa shape index (κ3) is 24.9. The molecule has 0 aliphatic carbocycles. The zero-order valence-corrected chi connectivity index (χ0v) is 72.9. The molecule has 4 heterocycles. The highest BCUT2D eigenvalue weighted by Gasteiger charge is 2.30. The molecule has 0 spiro atoms. The quantitative estimate of drug-likeness (QED) is 0.0367. The Morgan fingerprint density at radius 1 is 0.361 bits per heavy atom. The molecule has 0 aliphatic rings. The molecule has 12 rings (SSSR count). The molecule has 624 valence electrons. The Morgan fingerprint density at radius 2 is 0.588 bits per heavy atom. The number of nitrogens with one attached hydrogen (secondary N) is 2. The average Bonchev–Trinajstić information content (AvgIpc) is 1.73. The van der Waals surface area contributed by atoms with Gasteiger partial charge in [0.1, 0.15) is 31.2 Å². The first-order chi connectivity index (χ1) is 55.6. The zero-order chi connectivity index (χ0) is 86.2. The monoisotopic (exact) mass is 1790 g/mol. The summed E-state index contributed by atoms with van der Waals surface area (Å²) in [6, 6.07) is 53.7. The number of aromatic carboxylic acids is 2. The Bertz CT molecular complexity index is 6140. The highest BCUT2D eigenvalue weighted by atomic mass is 35.5. The van der Waals surface area contributed by atoms with Crippen LogP contribution in [0.15, 0.2) is 255 Å². The van der Waals surface area contributed by atoms with Gasteiger partial charge in [0.25, 0.3) is 11.8 Å². The molecule has 0 saturated heterocycles. The van der Waals surface area contributed by atoms with Crippen molar-refractivity contribution in [1.29, 1.82) is 0 Å². The fraction of sp³-hybridized carbons (Fsp3) is 0.195. The minimum Gasteiger partial charge on any atom is -0.478 e. The number of carbonyl (C=O) groups excluding carboxylic acids is 4. The number of carboxylic acid groups (broad SMARTS) is 2. The second-order valence-electron chi connectivity index (χ2n) is 27.9. The normalized spacial score (nSPS) is 11.5. The summed E-state index contributed by atoms with van der Waals surface area (Å²) < 4.78 is 115. The number of halogens is 1. The fourth-order valence-corrected chi connectivity index (χ4v) is 19.9. The number of alkyl carbamates (subject to hydrolysis) is 2. The Balaban J connectivity index is 0.000000198. The van der Waals surface area contributed by atoms with Crippen molar-refractivity contribution < 1.29 is 82.1 Å². The number of nitrogens with two attached hydrogens (primary N) is 2. The van der Waals surface area contributed by atoms with Gasteiger partial charge in [-0.3, -0.25) is 9.59 Å². The number of aromatic nitrogens is 4. The number of sulfone groups is 4. The summed E-state index contributed by atoms with van der Waals surface area (Å²) in [6.45, 7) is 10.8. The van der Waals surface area contributed by atoms with E-state index in [0.29, 0.717) is 53.4 Å². The highest BCUT2D eigenvalue weighted by Crippen LogP contribution is 2.35. The Labute approximate surface area is 710 Å². The molecule has 119 heavy (non-hydrogen) atoms. The van der Waals surface area contributed by atoms with E-state index in [1.54, 1.807) is 136 Å². The van der Waals surface area contributed by atoms with E-state index in [2.05, 4.69) is 30.6 Å². The molecule has 12 aromatic rings. The molecule has 8 N–H and O–H groups in total. The summed E-state index contributed by atoms with van der Waals surface area (Å²) in [5.41, 5.74) is 15.3. The van der Waals surface area contributed by atoms with Crippen molar-refractivity contribution >= 4 is 133 Å². The third-order valence-corrected chi connectivity index (χ3v) is 26.7. The number of thiazole rings is 4. The van der Waals surface area contributed by atoms with E-state index in [0.717, 1.165) is 62.8 Å². The van der Waals surface area contributed by atoms with E-state index in [-0.39, 0.29) is 107 Å². The third-order valence-electron chi connectivity index (χ3n) is 16.2. The summed E-state index contributed by atoms with van der Waals surface area (Å²) in [5.74, 6) is -3.02. The lowest BCUT2D eigenvalue weighted by atomic mass is 10.0. The SMILES string of the molecule is CC(C)(C)OC(=O)NCc1nc(S(=O)(=O)c2cc(C(=O)O)cc(-c3ccccc3)c2)cs1.CN(C)C(=O)c1cc(-c2ccccc2)cc(S(=O)(=O)c2csc(CN)n2)c1.CN(C)C(=O)c1cc(-c2ccccc2)cc(S(=O)(=O)c2csc(CNC(=O)OC(C)(C)C)n2)c1.Cl.NCc1nc(S(=O)(=O)c2cc(C(=O)O)cc(-c3ccccc3)c2)cs1. The molecule has 0 bridgehead atoms. The summed E-state index contributed by atoms with van der Waals surface area (Å²) >= 11 is 4.52. The number of carbonyl (C=O) groups is 6. The van der Waals surface area contributed by atoms with Gasteiger partial charge in [-0.1, -0.05) is 121 Å². The molecule has 0 aliphatic heterocycles. The second-order valence-corrected chi connectivity index (χ2v) is 39.3. The van der Waals surface area contributed by atoms with Crippen LogP contribution in [0.2, 0.25) is 0 Å². The lowest BCUT2D eigenvalue weighted by Gasteiger charge is -2.19. The van der Waals surface area contributed by atoms with E-state index in [1.165, 1.54) is 85.1 Å². The second kappa shape index (κ2) is 40.0. The van der Waals surface area contributed by atoms with Gasteiger partial charge >= 0.3 is 24.1 Å². The highest BCUT2D eigenvalue weighted by molar-refractivity contribution is 7.92. The maximum Gasteiger partial charge on any atom is 0.408 e. The smallest absolute Gasteiger partial charge is 0.408 e. The van der Waals surface area contributed by atoms with Crippen LogP contribution in [0.25, 0.3) is 44.5 Å². The lowest BCUT2D eigenvalue weighted by molar-refractivity contribution is 0.0512. The number of hydrogen-bond donors (Lipinski definition) is 6. The van der Waals surface area contributed by atoms with Crippen LogP contribution >= 0.6 is 57.8 Å². The summed E-state index contributed by atoms with van der Waals surface area (Å²) in [5, 5.41) is 30.8. The molecule has 0 fully saturated rings. The molecule has 4 amide bonds. The van der Waals surface area contributed by atoms with Crippen LogP contribution in [0.5, 0.6) is 0 Å². The van der Waals surface area contributed by atoms with E-state index in [9.17, 15) is 72.7 Å². The molecule has 0 saturated carbocycles. The minimum atomic E-state index is -4.08. The maximum absolute atomic E-state index is 13.4. The van der Waals surface area contributed by atoms with Crippen molar-refractivity contribution in [2.45, 2.75) is 119 Å². The van der Waals surface area contributed by atoms with Crippen LogP contribution in [0, 0.1) is 0 Å².